The van der Waals surface area contributed by atoms with E-state index in [4.69, 9.17) is 20.9 Å². The maximum Gasteiger partial charge on any atom is 0.278 e. The van der Waals surface area contributed by atoms with Crippen LogP contribution in [0.1, 0.15) is 49.9 Å². The van der Waals surface area contributed by atoms with E-state index in [9.17, 15) is 4.79 Å². The molecule has 2 heterocycles. The van der Waals surface area contributed by atoms with Gasteiger partial charge < -0.3 is 14.6 Å². The maximum absolute atomic E-state index is 13.1. The Morgan fingerprint density at radius 3 is 2.50 bits per heavy atom. The van der Waals surface area contributed by atoms with E-state index in [1.54, 1.807) is 6.92 Å². The standard InChI is InChI=1S/C26H27ClN4O3/c1-15-6-11-22(12-16(15)2)33-14-23-19(5)34-30-25(23)26(32)28-24-17(3)29-31(18(24)4)13-20-7-9-21(27)10-8-20/h6-12H,13-14H2,1-5H3,(H,28,32). The van der Waals surface area contributed by atoms with E-state index in [2.05, 4.69) is 15.6 Å². The summed E-state index contributed by atoms with van der Waals surface area (Å²) in [5.41, 5.74) is 6.41. The van der Waals surface area contributed by atoms with E-state index in [1.807, 2.05) is 74.8 Å². The molecule has 2 aromatic heterocycles. The average molecular weight is 479 g/mol. The van der Waals surface area contributed by atoms with Gasteiger partial charge in [0.1, 0.15) is 18.1 Å². The Labute approximate surface area is 203 Å². The van der Waals surface area contributed by atoms with E-state index in [0.717, 1.165) is 22.6 Å². The number of ether oxygens (including phenoxy) is 1. The molecular formula is C26H27ClN4O3. The maximum atomic E-state index is 13.1. The third kappa shape index (κ3) is 4.99. The predicted octanol–water partition coefficient (Wildman–Crippen LogP) is 5.95. The largest absolute Gasteiger partial charge is 0.489 e. The molecule has 4 aromatic rings. The van der Waals surface area contributed by atoms with Crippen molar-refractivity contribution in [2.24, 2.45) is 0 Å². The van der Waals surface area contributed by atoms with Gasteiger partial charge in [-0.3, -0.25) is 9.48 Å². The zero-order valence-corrected chi connectivity index (χ0v) is 20.7. The highest BCUT2D eigenvalue weighted by Crippen LogP contribution is 2.24. The summed E-state index contributed by atoms with van der Waals surface area (Å²) in [7, 11) is 0. The highest BCUT2D eigenvalue weighted by molar-refractivity contribution is 6.30. The lowest BCUT2D eigenvalue weighted by Gasteiger charge is -2.09. The average Bonchev–Trinajstić information content (AvgIpc) is 3.30. The molecule has 0 atom stereocenters. The lowest BCUT2D eigenvalue weighted by atomic mass is 10.1. The lowest BCUT2D eigenvalue weighted by molar-refractivity contribution is 0.101. The molecule has 0 aliphatic rings. The molecule has 4 rings (SSSR count). The molecule has 0 saturated heterocycles. The highest BCUT2D eigenvalue weighted by atomic mass is 35.5. The molecule has 0 unspecified atom stereocenters. The Hall–Kier alpha value is -3.58. The number of aryl methyl sites for hydroxylation is 4. The molecule has 1 N–H and O–H groups in total. The molecule has 0 aliphatic carbocycles. The van der Waals surface area contributed by atoms with E-state index in [1.165, 1.54) is 5.56 Å². The van der Waals surface area contributed by atoms with Crippen molar-refractivity contribution < 1.29 is 14.1 Å². The first-order valence-electron chi connectivity index (χ1n) is 11.0. The molecule has 0 aliphatic heterocycles. The molecule has 34 heavy (non-hydrogen) atoms. The fraction of sp³-hybridized carbons (Fsp3) is 0.269. The van der Waals surface area contributed by atoms with Crippen molar-refractivity contribution in [1.82, 2.24) is 14.9 Å². The number of halogens is 1. The van der Waals surface area contributed by atoms with Crippen LogP contribution < -0.4 is 10.1 Å². The van der Waals surface area contributed by atoms with Gasteiger partial charge in [-0.2, -0.15) is 5.10 Å². The van der Waals surface area contributed by atoms with Crippen molar-refractivity contribution in [3.05, 3.63) is 92.6 Å². The number of nitrogens with zero attached hydrogens (tertiary/aromatic N) is 3. The molecule has 0 saturated carbocycles. The van der Waals surface area contributed by atoms with Crippen LogP contribution in [0.4, 0.5) is 5.69 Å². The second-order valence-electron chi connectivity index (χ2n) is 8.38. The van der Waals surface area contributed by atoms with Gasteiger partial charge in [-0.15, -0.1) is 0 Å². The van der Waals surface area contributed by atoms with Crippen LogP contribution in [0.15, 0.2) is 47.0 Å². The number of aromatic nitrogens is 3. The lowest BCUT2D eigenvalue weighted by Crippen LogP contribution is -2.16. The third-order valence-corrected chi connectivity index (χ3v) is 6.18. The Bertz CT molecular complexity index is 1340. The normalized spacial score (nSPS) is 11.0. The molecule has 0 spiro atoms. The quantitative estimate of drug-likeness (QED) is 0.355. The predicted molar refractivity (Wildman–Crippen MR) is 132 cm³/mol. The van der Waals surface area contributed by atoms with Crippen LogP contribution in [0.5, 0.6) is 5.75 Å². The zero-order chi connectivity index (χ0) is 24.4. The number of carbonyl (C=O) groups excluding carboxylic acids is 1. The first-order chi connectivity index (χ1) is 16.2. The third-order valence-electron chi connectivity index (χ3n) is 5.93. The fourth-order valence-electron chi connectivity index (χ4n) is 3.67. The first kappa shape index (κ1) is 23.6. The van der Waals surface area contributed by atoms with Crippen LogP contribution >= 0.6 is 11.6 Å². The molecule has 0 bridgehead atoms. The number of amides is 1. The molecule has 0 radical (unpaired) electrons. The highest BCUT2D eigenvalue weighted by Gasteiger charge is 2.23. The van der Waals surface area contributed by atoms with Crippen LogP contribution in [0.25, 0.3) is 0 Å². The Morgan fingerprint density at radius 1 is 1.06 bits per heavy atom. The zero-order valence-electron chi connectivity index (χ0n) is 19.9. The first-order valence-corrected chi connectivity index (χ1v) is 11.4. The minimum atomic E-state index is -0.368. The van der Waals surface area contributed by atoms with Gasteiger partial charge in [0.15, 0.2) is 5.69 Å². The van der Waals surface area contributed by atoms with Gasteiger partial charge in [0.2, 0.25) is 0 Å². The Morgan fingerprint density at radius 2 is 1.79 bits per heavy atom. The molecule has 1 amide bonds. The molecular weight excluding hydrogens is 452 g/mol. The summed E-state index contributed by atoms with van der Waals surface area (Å²) in [5, 5.41) is 12.2. The monoisotopic (exact) mass is 478 g/mol. The van der Waals surface area contributed by atoms with Crippen LogP contribution in [0.2, 0.25) is 5.02 Å². The second kappa shape index (κ2) is 9.73. The van der Waals surface area contributed by atoms with Gasteiger partial charge in [-0.05, 0) is 75.6 Å². The van der Waals surface area contributed by atoms with Gasteiger partial charge in [0, 0.05) is 5.02 Å². The van der Waals surface area contributed by atoms with Gasteiger partial charge in [-0.25, -0.2) is 0 Å². The van der Waals surface area contributed by atoms with E-state index in [0.29, 0.717) is 34.3 Å². The number of nitrogens with one attached hydrogen (secondary N) is 1. The Balaban J connectivity index is 1.50. The number of anilines is 1. The molecule has 176 valence electrons. The van der Waals surface area contributed by atoms with Crippen molar-refractivity contribution >= 4 is 23.2 Å². The van der Waals surface area contributed by atoms with E-state index < -0.39 is 0 Å². The molecule has 2 aromatic carbocycles. The SMILES string of the molecule is Cc1ccc(OCc2c(C(=O)Nc3c(C)nn(Cc4ccc(Cl)cc4)c3C)noc2C)cc1C. The number of carbonyl (C=O) groups is 1. The van der Waals surface area contributed by atoms with E-state index >= 15 is 0 Å². The summed E-state index contributed by atoms with van der Waals surface area (Å²) in [6, 6.07) is 13.5. The van der Waals surface area contributed by atoms with Gasteiger partial charge in [0.25, 0.3) is 5.91 Å². The molecule has 0 fully saturated rings. The number of hydrogen-bond donors (Lipinski definition) is 1. The minimum absolute atomic E-state index is 0.175. The Kier molecular flexibility index (Phi) is 6.75. The minimum Gasteiger partial charge on any atom is -0.489 e. The van der Waals surface area contributed by atoms with Crippen molar-refractivity contribution in [2.75, 3.05) is 5.32 Å². The summed E-state index contributed by atoms with van der Waals surface area (Å²) in [5.74, 6) is 0.902. The summed E-state index contributed by atoms with van der Waals surface area (Å²) in [4.78, 5) is 13.1. The topological polar surface area (TPSA) is 82.2 Å². The second-order valence-corrected chi connectivity index (χ2v) is 8.82. The van der Waals surface area contributed by atoms with Crippen LogP contribution in [0.3, 0.4) is 0 Å². The van der Waals surface area contributed by atoms with E-state index in [-0.39, 0.29) is 18.2 Å². The van der Waals surface area contributed by atoms with Crippen molar-refractivity contribution in [1.29, 1.82) is 0 Å². The fourth-order valence-corrected chi connectivity index (χ4v) is 3.79. The van der Waals surface area contributed by atoms with Crippen LogP contribution in [-0.2, 0) is 13.2 Å². The van der Waals surface area contributed by atoms with Crippen LogP contribution in [-0.4, -0.2) is 20.8 Å². The van der Waals surface area contributed by atoms with Crippen molar-refractivity contribution in [3.8, 4) is 5.75 Å². The molecule has 7 nitrogen and oxygen atoms in total. The number of rotatable bonds is 7. The van der Waals surface area contributed by atoms with Gasteiger partial charge in [0.05, 0.1) is 29.2 Å². The summed E-state index contributed by atoms with van der Waals surface area (Å²) < 4.78 is 13.1. The number of benzene rings is 2. The smallest absolute Gasteiger partial charge is 0.278 e. The van der Waals surface area contributed by atoms with Gasteiger partial charge in [-0.1, -0.05) is 35.0 Å². The van der Waals surface area contributed by atoms with Crippen molar-refractivity contribution in [2.45, 2.75) is 47.8 Å². The molecule has 8 heteroatoms. The summed E-state index contributed by atoms with van der Waals surface area (Å²) in [6.07, 6.45) is 0. The number of hydrogen-bond acceptors (Lipinski definition) is 5. The van der Waals surface area contributed by atoms with Crippen LogP contribution in [0, 0.1) is 34.6 Å². The summed E-state index contributed by atoms with van der Waals surface area (Å²) in [6.45, 7) is 10.4. The van der Waals surface area contributed by atoms with Gasteiger partial charge >= 0.3 is 0 Å². The van der Waals surface area contributed by atoms with Crippen molar-refractivity contribution in [3.63, 3.8) is 0 Å². The summed E-state index contributed by atoms with van der Waals surface area (Å²) >= 11 is 5.98.